The fourth-order valence-corrected chi connectivity index (χ4v) is 1.35. The largest absolute Gasteiger partial charge is 1.00 e. The Balaban J connectivity index is 0.00000256. The van der Waals surface area contributed by atoms with Crippen LogP contribution in [-0.2, 0) is 0 Å². The van der Waals surface area contributed by atoms with Crippen LogP contribution < -0.4 is 51.4 Å². The van der Waals surface area contributed by atoms with Crippen LogP contribution in [0.3, 0.4) is 0 Å². The van der Waals surface area contributed by atoms with Gasteiger partial charge in [-0.3, -0.25) is 4.90 Å². The molecular weight excluding hydrogens is 274 g/mol. The molecule has 0 aliphatic heterocycles. The van der Waals surface area contributed by atoms with Gasteiger partial charge in [-0.25, -0.2) is 0 Å². The Morgan fingerprint density at radius 2 is 1.71 bits per heavy atom. The molecule has 0 N–H and O–H groups in total. The van der Waals surface area contributed by atoms with Gasteiger partial charge in [-0.05, 0) is 19.4 Å². The molecule has 0 unspecified atom stereocenters. The first kappa shape index (κ1) is 18.0. The Morgan fingerprint density at radius 1 is 1.24 bits per heavy atom. The van der Waals surface area contributed by atoms with Crippen LogP contribution in [-0.4, -0.2) is 37.2 Å². The standard InChI is InChI=1S/C8H11BF6N.K/c1-6(9(13,14)15)4-16(7-2-3-7)5-8(10,11)12;/h7H,1-5H2;/q-1;+1. The van der Waals surface area contributed by atoms with Crippen molar-refractivity contribution >= 4 is 6.98 Å². The number of rotatable bonds is 5. The average Bonchev–Trinajstić information content (AvgIpc) is 2.79. The number of halogens is 6. The van der Waals surface area contributed by atoms with Crippen molar-refractivity contribution in [2.24, 2.45) is 0 Å². The van der Waals surface area contributed by atoms with Crippen molar-refractivity contribution in [3.05, 3.63) is 12.1 Å². The number of alkyl halides is 3. The van der Waals surface area contributed by atoms with Crippen molar-refractivity contribution in [2.75, 3.05) is 13.1 Å². The normalized spacial score (nSPS) is 16.9. The van der Waals surface area contributed by atoms with Crippen molar-refractivity contribution < 1.29 is 77.5 Å². The van der Waals surface area contributed by atoms with E-state index in [1.54, 1.807) is 0 Å². The van der Waals surface area contributed by atoms with Crippen LogP contribution in [0.1, 0.15) is 12.8 Å². The van der Waals surface area contributed by atoms with Crippen LogP contribution in [0.4, 0.5) is 26.1 Å². The van der Waals surface area contributed by atoms with Crippen molar-refractivity contribution in [2.45, 2.75) is 25.1 Å². The van der Waals surface area contributed by atoms with Crippen LogP contribution in [0.2, 0.25) is 0 Å². The Kier molecular flexibility index (Phi) is 6.80. The van der Waals surface area contributed by atoms with Gasteiger partial charge in [0.15, 0.2) is 0 Å². The molecule has 0 radical (unpaired) electrons. The quantitative estimate of drug-likeness (QED) is 0.506. The van der Waals surface area contributed by atoms with Gasteiger partial charge in [-0.2, -0.15) is 13.2 Å². The Bertz CT molecular complexity index is 272. The first-order chi connectivity index (χ1) is 7.09. The second kappa shape index (κ2) is 6.43. The summed E-state index contributed by atoms with van der Waals surface area (Å²) in [7, 11) is 0. The zero-order valence-electron chi connectivity index (χ0n) is 9.41. The van der Waals surface area contributed by atoms with E-state index in [9.17, 15) is 26.1 Å². The fourth-order valence-electron chi connectivity index (χ4n) is 1.35. The second-order valence-corrected chi connectivity index (χ2v) is 3.98. The molecule has 0 bridgehead atoms. The summed E-state index contributed by atoms with van der Waals surface area (Å²) in [6.45, 7) is -4.50. The van der Waals surface area contributed by atoms with Gasteiger partial charge >= 0.3 is 64.5 Å². The topological polar surface area (TPSA) is 3.24 Å². The third kappa shape index (κ3) is 7.22. The van der Waals surface area contributed by atoms with Crippen LogP contribution in [0.5, 0.6) is 0 Å². The molecule has 1 aliphatic carbocycles. The molecule has 0 amide bonds. The van der Waals surface area contributed by atoms with Gasteiger partial charge in [0.2, 0.25) is 0 Å². The molecular formula is C8H11BF6KN. The number of nitrogens with zero attached hydrogens (tertiary/aromatic N) is 1. The average molecular weight is 285 g/mol. The minimum atomic E-state index is -5.25. The van der Waals surface area contributed by atoms with Crippen molar-refractivity contribution in [1.29, 1.82) is 0 Å². The third-order valence-electron chi connectivity index (χ3n) is 2.31. The molecule has 0 atom stereocenters. The summed E-state index contributed by atoms with van der Waals surface area (Å²) in [6, 6.07) is -0.378. The van der Waals surface area contributed by atoms with E-state index in [1.165, 1.54) is 0 Å². The van der Waals surface area contributed by atoms with Gasteiger partial charge in [-0.15, -0.1) is 12.1 Å². The van der Waals surface area contributed by atoms with Gasteiger partial charge in [0, 0.05) is 6.04 Å². The maximum atomic E-state index is 12.2. The van der Waals surface area contributed by atoms with Gasteiger partial charge in [-0.1, -0.05) is 0 Å². The Labute approximate surface area is 138 Å². The Morgan fingerprint density at radius 3 is 2.00 bits per heavy atom. The molecule has 1 nitrogen and oxygen atoms in total. The molecule has 0 aromatic carbocycles. The van der Waals surface area contributed by atoms with Crippen LogP contribution >= 0.6 is 0 Å². The molecule has 1 rings (SSSR count). The molecule has 0 saturated heterocycles. The molecule has 0 aromatic heterocycles. The zero-order valence-corrected chi connectivity index (χ0v) is 12.5. The number of hydrogen-bond acceptors (Lipinski definition) is 1. The number of hydrogen-bond donors (Lipinski definition) is 0. The van der Waals surface area contributed by atoms with Gasteiger partial charge in [0.1, 0.15) is 0 Å². The summed E-state index contributed by atoms with van der Waals surface area (Å²) in [6.07, 6.45) is -3.43. The summed E-state index contributed by atoms with van der Waals surface area (Å²) < 4.78 is 72.8. The van der Waals surface area contributed by atoms with Crippen LogP contribution in [0.25, 0.3) is 0 Å². The molecule has 0 heterocycles. The van der Waals surface area contributed by atoms with E-state index >= 15 is 0 Å². The van der Waals surface area contributed by atoms with Crippen molar-refractivity contribution in [1.82, 2.24) is 4.90 Å². The van der Waals surface area contributed by atoms with Gasteiger partial charge in [0.25, 0.3) is 0 Å². The molecule has 9 heteroatoms. The molecule has 1 fully saturated rings. The minimum absolute atomic E-state index is 0. The first-order valence-corrected chi connectivity index (χ1v) is 4.78. The molecule has 0 aromatic rings. The van der Waals surface area contributed by atoms with Crippen molar-refractivity contribution in [3.63, 3.8) is 0 Å². The van der Waals surface area contributed by atoms with E-state index in [2.05, 4.69) is 6.58 Å². The molecule has 94 valence electrons. The maximum Gasteiger partial charge on any atom is 1.00 e. The first-order valence-electron chi connectivity index (χ1n) is 4.78. The summed E-state index contributed by atoms with van der Waals surface area (Å²) in [5, 5.41) is 0. The van der Waals surface area contributed by atoms with Crippen LogP contribution in [0.15, 0.2) is 12.1 Å². The predicted molar refractivity (Wildman–Crippen MR) is 48.9 cm³/mol. The van der Waals surface area contributed by atoms with E-state index in [4.69, 9.17) is 0 Å². The second-order valence-electron chi connectivity index (χ2n) is 3.98. The summed E-state index contributed by atoms with van der Waals surface area (Å²) >= 11 is 0. The van der Waals surface area contributed by atoms with E-state index in [1.807, 2.05) is 0 Å². The monoisotopic (exact) mass is 285 g/mol. The summed E-state index contributed by atoms with van der Waals surface area (Å²) in [5.74, 6) is 0. The maximum absolute atomic E-state index is 12.2. The molecule has 1 saturated carbocycles. The van der Waals surface area contributed by atoms with E-state index < -0.39 is 31.7 Å². The molecule has 1 aliphatic rings. The summed E-state index contributed by atoms with van der Waals surface area (Å²) in [4.78, 5) is 0.803. The minimum Gasteiger partial charge on any atom is -0.445 e. The van der Waals surface area contributed by atoms with Crippen LogP contribution in [0, 0.1) is 0 Å². The summed E-state index contributed by atoms with van der Waals surface area (Å²) in [5.41, 5.74) is -1.07. The van der Waals surface area contributed by atoms with E-state index in [-0.39, 0.29) is 57.4 Å². The predicted octanol–water partition coefficient (Wildman–Crippen LogP) is -0.0401. The zero-order chi connectivity index (χ0) is 12.6. The SMILES string of the molecule is C=C(CN(CC(F)(F)F)C1CC1)[B-](F)(F)F.[K+]. The third-order valence-corrected chi connectivity index (χ3v) is 2.31. The van der Waals surface area contributed by atoms with E-state index in [0.29, 0.717) is 12.8 Å². The molecule has 17 heavy (non-hydrogen) atoms. The van der Waals surface area contributed by atoms with Crippen molar-refractivity contribution in [3.8, 4) is 0 Å². The van der Waals surface area contributed by atoms with E-state index in [0.717, 1.165) is 4.90 Å². The van der Waals surface area contributed by atoms with Gasteiger partial charge in [0.05, 0.1) is 6.54 Å². The van der Waals surface area contributed by atoms with Gasteiger partial charge < -0.3 is 12.9 Å². The smallest absolute Gasteiger partial charge is 0.445 e. The molecule has 0 spiro atoms. The Hall–Kier alpha value is 0.981. The fraction of sp³-hybridized carbons (Fsp3) is 0.750.